The van der Waals surface area contributed by atoms with Crippen molar-refractivity contribution in [1.82, 2.24) is 0 Å². The minimum atomic E-state index is -1.17. The Hall–Kier alpha value is -2.05. The van der Waals surface area contributed by atoms with Crippen LogP contribution in [0.2, 0.25) is 0 Å². The number of rotatable bonds is 9. The molecule has 35 heavy (non-hydrogen) atoms. The predicted octanol–water partition coefficient (Wildman–Crippen LogP) is 5.50. The third-order valence-corrected chi connectivity index (χ3v) is 7.50. The molecule has 0 radical (unpaired) electrons. The molecule has 194 valence electrons. The summed E-state index contributed by atoms with van der Waals surface area (Å²) < 4.78 is 6.01. The molecule has 0 aromatic carbocycles. The number of aliphatic hydroxyl groups is 3. The van der Waals surface area contributed by atoms with Gasteiger partial charge in [-0.1, -0.05) is 64.8 Å². The predicted molar refractivity (Wildman–Crippen MR) is 142 cm³/mol. The lowest BCUT2D eigenvalue weighted by Crippen LogP contribution is -2.58. The summed E-state index contributed by atoms with van der Waals surface area (Å²) >= 11 is 0. The van der Waals surface area contributed by atoms with Crippen LogP contribution in [-0.4, -0.2) is 46.2 Å². The molecule has 0 amide bonds. The smallest absolute Gasteiger partial charge is 0.164 e. The first-order valence-corrected chi connectivity index (χ1v) is 12.6. The van der Waals surface area contributed by atoms with Gasteiger partial charge in [-0.15, -0.1) is 0 Å². The summed E-state index contributed by atoms with van der Waals surface area (Å²) in [6.45, 7) is 11.7. The Bertz CT molecular complexity index is 926. The molecule has 1 spiro atoms. The molecule has 1 heterocycles. The van der Waals surface area contributed by atoms with Crippen molar-refractivity contribution in [1.29, 1.82) is 0 Å². The molecule has 2 aliphatic rings. The molecule has 0 bridgehead atoms. The number of aldehydes is 1. The van der Waals surface area contributed by atoms with Crippen LogP contribution in [0.1, 0.15) is 73.6 Å². The van der Waals surface area contributed by atoms with Crippen LogP contribution in [0.25, 0.3) is 0 Å². The zero-order valence-corrected chi connectivity index (χ0v) is 22.3. The number of carbonyl (C=O) groups is 1. The molecule has 5 atom stereocenters. The lowest BCUT2D eigenvalue weighted by molar-refractivity contribution is -0.219. The van der Waals surface area contributed by atoms with Gasteiger partial charge in [0.1, 0.15) is 6.29 Å². The second-order valence-electron chi connectivity index (χ2n) is 10.6. The number of hydrogen-bond donors (Lipinski definition) is 3. The van der Waals surface area contributed by atoms with Gasteiger partial charge in [-0.2, -0.15) is 0 Å². The van der Waals surface area contributed by atoms with E-state index in [1.54, 1.807) is 13.8 Å². The Kier molecular flexibility index (Phi) is 10.6. The minimum Gasteiger partial charge on any atom is -0.396 e. The van der Waals surface area contributed by atoms with E-state index in [2.05, 4.69) is 26.0 Å². The van der Waals surface area contributed by atoms with Gasteiger partial charge < -0.3 is 20.1 Å². The van der Waals surface area contributed by atoms with E-state index in [0.29, 0.717) is 37.7 Å². The maximum Gasteiger partial charge on any atom is 0.164 e. The van der Waals surface area contributed by atoms with Crippen molar-refractivity contribution in [2.75, 3.05) is 6.61 Å². The molecule has 1 saturated heterocycles. The summed E-state index contributed by atoms with van der Waals surface area (Å²) in [6, 6.07) is 0. The first-order valence-electron chi connectivity index (χ1n) is 12.6. The Labute approximate surface area is 211 Å². The molecular weight excluding hydrogens is 440 g/mol. The number of ether oxygens (including phenoxy) is 1. The van der Waals surface area contributed by atoms with Gasteiger partial charge in [-0.05, 0) is 85.1 Å². The van der Waals surface area contributed by atoms with Gasteiger partial charge in [-0.25, -0.2) is 0 Å². The highest BCUT2D eigenvalue weighted by atomic mass is 16.6. The molecule has 1 aliphatic heterocycles. The van der Waals surface area contributed by atoms with Gasteiger partial charge in [0.05, 0.1) is 17.1 Å². The fourth-order valence-electron chi connectivity index (χ4n) is 5.56. The topological polar surface area (TPSA) is 87.0 Å². The third-order valence-electron chi connectivity index (χ3n) is 7.50. The van der Waals surface area contributed by atoms with E-state index < -0.39 is 17.3 Å². The summed E-state index contributed by atoms with van der Waals surface area (Å²) in [5, 5.41) is 32.2. The zero-order chi connectivity index (χ0) is 26.2. The Balaban J connectivity index is 2.30. The summed E-state index contributed by atoms with van der Waals surface area (Å²) in [7, 11) is 0. The molecule has 1 saturated carbocycles. The van der Waals surface area contributed by atoms with Gasteiger partial charge in [0, 0.05) is 6.61 Å². The molecule has 5 nitrogen and oxygen atoms in total. The average Bonchev–Trinajstić information content (AvgIpc) is 3.10. The largest absolute Gasteiger partial charge is 0.396 e. The number of allylic oxidation sites excluding steroid dienone is 11. The van der Waals surface area contributed by atoms with Crippen LogP contribution < -0.4 is 0 Å². The standard InChI is InChI=1S/C30H44O5/c1-21(2)10-7-11-22(3)12-8-13-23(4)18-25-19-30(28(33)35-25)27(14-9-17-31)26(24(5)20-32)15-16-29(30,6)34/h7-8,10-13,18,20,25,27-28,31,33-34H,9,14-17,19H2,1-6H3/b11-7+,13-8+,22-12+,23-18+,26-24-/t25-,27-,28-,29+,30+/m1/s1. The average molecular weight is 485 g/mol. The van der Waals surface area contributed by atoms with Crippen LogP contribution in [0.5, 0.6) is 0 Å². The molecule has 2 fully saturated rings. The molecule has 0 unspecified atom stereocenters. The summed E-state index contributed by atoms with van der Waals surface area (Å²) in [4.78, 5) is 11.6. The van der Waals surface area contributed by atoms with Crippen LogP contribution in [0.3, 0.4) is 0 Å². The first-order chi connectivity index (χ1) is 16.5. The molecule has 3 N–H and O–H groups in total. The number of aliphatic hydroxyl groups excluding tert-OH is 2. The maximum atomic E-state index is 11.6. The summed E-state index contributed by atoms with van der Waals surface area (Å²) in [5.41, 5.74) is 2.88. The van der Waals surface area contributed by atoms with Crippen LogP contribution >= 0.6 is 0 Å². The summed E-state index contributed by atoms with van der Waals surface area (Å²) in [6.07, 6.45) is 16.1. The van der Waals surface area contributed by atoms with Gasteiger partial charge in [0.2, 0.25) is 0 Å². The van der Waals surface area contributed by atoms with Crippen LogP contribution in [-0.2, 0) is 9.53 Å². The maximum absolute atomic E-state index is 11.6. The van der Waals surface area contributed by atoms with Gasteiger partial charge in [-0.3, -0.25) is 4.79 Å². The van der Waals surface area contributed by atoms with Crippen LogP contribution in [0.4, 0.5) is 0 Å². The quantitative estimate of drug-likeness (QED) is 0.229. The van der Waals surface area contributed by atoms with E-state index in [-0.39, 0.29) is 18.6 Å². The molecule has 2 rings (SSSR count). The number of hydrogen-bond acceptors (Lipinski definition) is 5. The summed E-state index contributed by atoms with van der Waals surface area (Å²) in [5.74, 6) is -0.244. The van der Waals surface area contributed by atoms with Crippen molar-refractivity contribution in [3.63, 3.8) is 0 Å². The van der Waals surface area contributed by atoms with E-state index in [4.69, 9.17) is 4.74 Å². The molecule has 0 aromatic rings. The third kappa shape index (κ3) is 7.01. The van der Waals surface area contributed by atoms with E-state index in [0.717, 1.165) is 23.0 Å². The molecular formula is C30H44O5. The first kappa shape index (κ1) is 29.2. The van der Waals surface area contributed by atoms with Gasteiger partial charge in [0.25, 0.3) is 0 Å². The zero-order valence-electron chi connectivity index (χ0n) is 22.3. The second kappa shape index (κ2) is 12.8. The SMILES string of the molecule is CC(C)=C/C=C/C(C)=C/C=C/C(C)=C/[C@@H]1C[C@@]2([C@H](O)O1)[C@H](CCCO)/C(=C(/C)C=O)CC[C@]2(C)O. The second-order valence-corrected chi connectivity index (χ2v) is 10.6. The Morgan fingerprint density at radius 1 is 1.09 bits per heavy atom. The lowest BCUT2D eigenvalue weighted by atomic mass is 9.53. The highest BCUT2D eigenvalue weighted by Gasteiger charge is 2.64. The normalized spacial score (nSPS) is 33.7. The number of carbonyl (C=O) groups excluding carboxylic acids is 1. The lowest BCUT2D eigenvalue weighted by Gasteiger charge is -2.53. The monoisotopic (exact) mass is 484 g/mol. The highest BCUT2D eigenvalue weighted by Crippen LogP contribution is 2.60. The fraction of sp³-hybridized carbons (Fsp3) is 0.567. The van der Waals surface area contributed by atoms with Crippen molar-refractivity contribution in [3.8, 4) is 0 Å². The van der Waals surface area contributed by atoms with Crippen molar-refractivity contribution in [3.05, 3.63) is 70.4 Å². The fourth-order valence-corrected chi connectivity index (χ4v) is 5.56. The molecule has 5 heteroatoms. The minimum absolute atomic E-state index is 0.0167. The van der Waals surface area contributed by atoms with Crippen molar-refractivity contribution in [2.24, 2.45) is 11.3 Å². The van der Waals surface area contributed by atoms with Crippen molar-refractivity contribution < 1.29 is 24.9 Å². The van der Waals surface area contributed by atoms with E-state index in [1.807, 2.05) is 44.2 Å². The van der Waals surface area contributed by atoms with Crippen molar-refractivity contribution >= 4 is 6.29 Å². The molecule has 1 aliphatic carbocycles. The van der Waals surface area contributed by atoms with Gasteiger partial charge in [0.15, 0.2) is 6.29 Å². The van der Waals surface area contributed by atoms with Crippen LogP contribution in [0.15, 0.2) is 70.4 Å². The Morgan fingerprint density at radius 2 is 1.74 bits per heavy atom. The Morgan fingerprint density at radius 3 is 2.37 bits per heavy atom. The van der Waals surface area contributed by atoms with Gasteiger partial charge >= 0.3 is 0 Å². The van der Waals surface area contributed by atoms with Crippen LogP contribution in [0, 0.1) is 11.3 Å². The van der Waals surface area contributed by atoms with E-state index in [9.17, 15) is 20.1 Å². The van der Waals surface area contributed by atoms with E-state index >= 15 is 0 Å². The van der Waals surface area contributed by atoms with E-state index in [1.165, 1.54) is 5.57 Å². The highest BCUT2D eigenvalue weighted by molar-refractivity contribution is 5.74. The van der Waals surface area contributed by atoms with Crippen molar-refractivity contribution in [2.45, 2.75) is 91.6 Å². The molecule has 0 aromatic heterocycles.